The van der Waals surface area contributed by atoms with Crippen LogP contribution in [0.25, 0.3) is 21.9 Å². The van der Waals surface area contributed by atoms with Crippen LogP contribution >= 0.6 is 0 Å². The minimum Gasteiger partial charge on any atom is -0.488 e. The number of carboxylic acid groups (broad SMARTS) is 1. The summed E-state index contributed by atoms with van der Waals surface area (Å²) in [5, 5.41) is 10.0. The third kappa shape index (κ3) is 3.61. The summed E-state index contributed by atoms with van der Waals surface area (Å²) in [4.78, 5) is 27.5. The minimum absolute atomic E-state index is 0.0684. The first-order chi connectivity index (χ1) is 13.7. The Hall–Kier alpha value is -3.54. The number of fused-ring (bicyclic) bond motifs is 2. The minimum atomic E-state index is -1.20. The number of H-pyrrole nitrogens is 1. The molecular weight excluding hydrogens is 370 g/mol. The van der Waals surface area contributed by atoms with E-state index >= 15 is 0 Å². The van der Waals surface area contributed by atoms with E-state index < -0.39 is 5.97 Å². The fourth-order valence-electron chi connectivity index (χ4n) is 3.37. The highest BCUT2D eigenvalue weighted by molar-refractivity contribution is 6.04. The van der Waals surface area contributed by atoms with Crippen LogP contribution in [0.3, 0.4) is 0 Å². The molecule has 0 radical (unpaired) electrons. The number of aromatic nitrogens is 1. The van der Waals surface area contributed by atoms with Crippen molar-refractivity contribution in [2.75, 3.05) is 0 Å². The average molecular weight is 391 g/mol. The van der Waals surface area contributed by atoms with Crippen molar-refractivity contribution in [2.24, 2.45) is 0 Å². The van der Waals surface area contributed by atoms with Gasteiger partial charge in [0.25, 0.3) is 0 Å². The van der Waals surface area contributed by atoms with Crippen LogP contribution in [0.2, 0.25) is 0 Å². The Balaban J connectivity index is 1.80. The van der Waals surface area contributed by atoms with Gasteiger partial charge in [-0.1, -0.05) is 24.3 Å². The van der Waals surface area contributed by atoms with Gasteiger partial charge < -0.3 is 19.2 Å². The lowest BCUT2D eigenvalue weighted by Crippen LogP contribution is -2.22. The molecule has 4 aromatic rings. The molecule has 6 heteroatoms. The number of hydrogen-bond acceptors (Lipinski definition) is 4. The topological polar surface area (TPSA) is 92.5 Å². The molecular formula is C23H21NO5. The average Bonchev–Trinajstić information content (AvgIpc) is 3.01. The van der Waals surface area contributed by atoms with Gasteiger partial charge in [0.2, 0.25) is 5.43 Å². The monoisotopic (exact) mass is 391 g/mol. The van der Waals surface area contributed by atoms with Crippen LogP contribution in [0.1, 0.15) is 42.5 Å². The molecule has 148 valence electrons. The zero-order chi connectivity index (χ0) is 20.8. The summed E-state index contributed by atoms with van der Waals surface area (Å²) in [6.07, 6.45) is 0.390. The standard InChI is InChI=1S/C23H21NO5/c1-23(2,3)29-14-10-8-13(9-11-14)12-16-21-18(19(24-16)22(26)27)20(25)15-6-4-5-7-17(15)28-21/h4-11,24H,12H2,1-3H3,(H,26,27). The lowest BCUT2D eigenvalue weighted by Gasteiger charge is -2.21. The van der Waals surface area contributed by atoms with E-state index in [1.165, 1.54) is 0 Å². The molecule has 2 N–H and O–H groups in total. The van der Waals surface area contributed by atoms with Crippen molar-refractivity contribution in [3.05, 3.63) is 75.7 Å². The fraction of sp³-hybridized carbons (Fsp3) is 0.217. The maximum Gasteiger partial charge on any atom is 0.353 e. The van der Waals surface area contributed by atoms with Gasteiger partial charge in [-0.3, -0.25) is 4.79 Å². The number of nitrogens with one attached hydrogen (secondary N) is 1. The number of carboxylic acids is 1. The first-order valence-corrected chi connectivity index (χ1v) is 9.30. The zero-order valence-electron chi connectivity index (χ0n) is 16.4. The van der Waals surface area contributed by atoms with Gasteiger partial charge in [-0.15, -0.1) is 0 Å². The second-order valence-electron chi connectivity index (χ2n) is 7.95. The lowest BCUT2D eigenvalue weighted by molar-refractivity contribution is 0.0693. The van der Waals surface area contributed by atoms with E-state index in [-0.39, 0.29) is 27.7 Å². The van der Waals surface area contributed by atoms with Crippen molar-refractivity contribution in [2.45, 2.75) is 32.8 Å². The van der Waals surface area contributed by atoms with Gasteiger partial charge in [-0.05, 0) is 50.6 Å². The molecule has 0 aliphatic heterocycles. The number of hydrogen-bond donors (Lipinski definition) is 2. The van der Waals surface area contributed by atoms with E-state index in [9.17, 15) is 14.7 Å². The molecule has 0 saturated carbocycles. The van der Waals surface area contributed by atoms with Crippen molar-refractivity contribution in [3.63, 3.8) is 0 Å². The molecule has 29 heavy (non-hydrogen) atoms. The highest BCUT2D eigenvalue weighted by Crippen LogP contribution is 2.27. The highest BCUT2D eigenvalue weighted by atomic mass is 16.5. The number of aromatic amines is 1. The van der Waals surface area contributed by atoms with E-state index in [4.69, 9.17) is 9.15 Å². The number of ether oxygens (including phenoxy) is 1. The van der Waals surface area contributed by atoms with Gasteiger partial charge in [0.15, 0.2) is 5.58 Å². The van der Waals surface area contributed by atoms with E-state index in [0.29, 0.717) is 23.1 Å². The van der Waals surface area contributed by atoms with Crippen LogP contribution in [0.15, 0.2) is 57.7 Å². The Morgan fingerprint density at radius 1 is 1.10 bits per heavy atom. The van der Waals surface area contributed by atoms with Gasteiger partial charge in [-0.2, -0.15) is 0 Å². The summed E-state index contributed by atoms with van der Waals surface area (Å²) >= 11 is 0. The predicted molar refractivity (Wildman–Crippen MR) is 111 cm³/mol. The number of para-hydroxylation sites is 1. The quantitative estimate of drug-likeness (QED) is 0.524. The predicted octanol–water partition coefficient (Wildman–Crippen LogP) is 4.74. The normalized spacial score (nSPS) is 11.8. The summed E-state index contributed by atoms with van der Waals surface area (Å²) < 4.78 is 11.8. The van der Waals surface area contributed by atoms with Crippen LogP contribution in [-0.2, 0) is 6.42 Å². The Kier molecular flexibility index (Phi) is 4.42. The van der Waals surface area contributed by atoms with Gasteiger partial charge in [-0.25, -0.2) is 4.79 Å². The van der Waals surface area contributed by atoms with Gasteiger partial charge in [0.05, 0.1) is 16.5 Å². The Labute approximate surface area is 166 Å². The summed E-state index contributed by atoms with van der Waals surface area (Å²) in [5.74, 6) is -0.445. The molecule has 0 fully saturated rings. The van der Waals surface area contributed by atoms with Crippen molar-refractivity contribution in [1.29, 1.82) is 0 Å². The fourth-order valence-corrected chi connectivity index (χ4v) is 3.37. The zero-order valence-corrected chi connectivity index (χ0v) is 16.4. The smallest absolute Gasteiger partial charge is 0.353 e. The Bertz CT molecular complexity index is 1270. The van der Waals surface area contributed by atoms with Crippen molar-refractivity contribution in [3.8, 4) is 5.75 Å². The van der Waals surface area contributed by atoms with E-state index in [0.717, 1.165) is 11.3 Å². The number of carbonyl (C=O) groups is 1. The molecule has 0 aliphatic rings. The summed E-state index contributed by atoms with van der Waals surface area (Å²) in [6, 6.07) is 14.4. The molecule has 2 heterocycles. The van der Waals surface area contributed by atoms with E-state index in [1.54, 1.807) is 24.3 Å². The molecule has 4 rings (SSSR count). The van der Waals surface area contributed by atoms with Crippen LogP contribution in [0.5, 0.6) is 5.75 Å². The van der Waals surface area contributed by atoms with Gasteiger partial charge in [0, 0.05) is 6.42 Å². The van der Waals surface area contributed by atoms with Gasteiger partial charge in [0.1, 0.15) is 22.6 Å². The van der Waals surface area contributed by atoms with Crippen molar-refractivity contribution >= 4 is 27.9 Å². The third-order valence-electron chi connectivity index (χ3n) is 4.54. The first kappa shape index (κ1) is 18.8. The molecule has 0 unspecified atom stereocenters. The van der Waals surface area contributed by atoms with Crippen LogP contribution in [0.4, 0.5) is 0 Å². The van der Waals surface area contributed by atoms with E-state index in [1.807, 2.05) is 45.0 Å². The molecule has 0 saturated heterocycles. The largest absolute Gasteiger partial charge is 0.488 e. The number of benzene rings is 2. The molecule has 6 nitrogen and oxygen atoms in total. The third-order valence-corrected chi connectivity index (χ3v) is 4.54. The molecule has 0 spiro atoms. The summed E-state index contributed by atoms with van der Waals surface area (Å²) in [7, 11) is 0. The molecule has 2 aromatic carbocycles. The number of aromatic carboxylic acids is 1. The molecule has 0 aliphatic carbocycles. The molecule has 0 bridgehead atoms. The van der Waals surface area contributed by atoms with Crippen molar-refractivity contribution in [1.82, 2.24) is 4.98 Å². The van der Waals surface area contributed by atoms with Crippen LogP contribution < -0.4 is 10.2 Å². The second-order valence-corrected chi connectivity index (χ2v) is 7.95. The summed E-state index contributed by atoms with van der Waals surface area (Å²) in [6.45, 7) is 5.93. The second kappa shape index (κ2) is 6.81. The SMILES string of the molecule is CC(C)(C)Oc1ccc(Cc2[nH]c(C(=O)O)c3c(=O)c4ccccc4oc23)cc1. The first-order valence-electron chi connectivity index (χ1n) is 9.30. The highest BCUT2D eigenvalue weighted by Gasteiger charge is 2.22. The maximum absolute atomic E-state index is 12.9. The molecule has 0 amide bonds. The Morgan fingerprint density at radius 2 is 1.79 bits per heavy atom. The number of rotatable bonds is 4. The van der Waals surface area contributed by atoms with Crippen LogP contribution in [-0.4, -0.2) is 21.7 Å². The molecule has 0 atom stereocenters. The maximum atomic E-state index is 12.9. The van der Waals surface area contributed by atoms with Gasteiger partial charge >= 0.3 is 5.97 Å². The Morgan fingerprint density at radius 3 is 2.45 bits per heavy atom. The van der Waals surface area contributed by atoms with Crippen LogP contribution in [0, 0.1) is 0 Å². The summed E-state index contributed by atoms with van der Waals surface area (Å²) in [5.41, 5.74) is 1.39. The lowest BCUT2D eigenvalue weighted by atomic mass is 10.1. The molecule has 2 aromatic heterocycles. The van der Waals surface area contributed by atoms with Crippen molar-refractivity contribution < 1.29 is 19.1 Å². The van der Waals surface area contributed by atoms with E-state index in [2.05, 4.69) is 4.98 Å².